The van der Waals surface area contributed by atoms with Gasteiger partial charge in [0.25, 0.3) is 0 Å². The molecule has 4 heteroatoms. The SMILES string of the molecule is Br.CCCCCCCCCCCCCCNC(C(C)O)C(C)O. The number of halogens is 1. The smallest absolute Gasteiger partial charge is 0.0690 e. The van der Waals surface area contributed by atoms with Crippen molar-refractivity contribution in [1.29, 1.82) is 0 Å². The molecule has 0 aromatic rings. The normalized spacial score (nSPS) is 15.0. The zero-order chi connectivity index (χ0) is 16.6. The summed E-state index contributed by atoms with van der Waals surface area (Å²) in [6.45, 7) is 6.61. The fourth-order valence-corrected chi connectivity index (χ4v) is 2.98. The molecule has 0 fully saturated rings. The van der Waals surface area contributed by atoms with Crippen molar-refractivity contribution in [2.24, 2.45) is 0 Å². The summed E-state index contributed by atoms with van der Waals surface area (Å²) >= 11 is 0. The predicted octanol–water partition coefficient (Wildman–Crippen LogP) is 4.99. The molecule has 2 unspecified atom stereocenters. The van der Waals surface area contributed by atoms with E-state index in [1.807, 2.05) is 0 Å². The van der Waals surface area contributed by atoms with Crippen LogP contribution in [0.25, 0.3) is 0 Å². The van der Waals surface area contributed by atoms with Crippen LogP contribution in [0.1, 0.15) is 97.8 Å². The first-order valence-corrected chi connectivity index (χ1v) is 9.69. The maximum Gasteiger partial charge on any atom is 0.0690 e. The highest BCUT2D eigenvalue weighted by Crippen LogP contribution is 2.11. The summed E-state index contributed by atoms with van der Waals surface area (Å²) in [6, 6.07) is -0.201. The summed E-state index contributed by atoms with van der Waals surface area (Å²) in [5.41, 5.74) is 0. The molecule has 0 radical (unpaired) electrons. The van der Waals surface area contributed by atoms with E-state index in [2.05, 4.69) is 12.2 Å². The van der Waals surface area contributed by atoms with Gasteiger partial charge in [0.2, 0.25) is 0 Å². The highest BCUT2D eigenvalue weighted by Gasteiger charge is 2.18. The highest BCUT2D eigenvalue weighted by atomic mass is 79.9. The molecule has 3 nitrogen and oxygen atoms in total. The van der Waals surface area contributed by atoms with Crippen LogP contribution in [0.2, 0.25) is 0 Å². The minimum Gasteiger partial charge on any atom is -0.392 e. The zero-order valence-electron chi connectivity index (χ0n) is 15.7. The third-order valence-electron chi connectivity index (χ3n) is 4.45. The molecule has 23 heavy (non-hydrogen) atoms. The Morgan fingerprint density at radius 2 is 1.00 bits per heavy atom. The van der Waals surface area contributed by atoms with E-state index in [0.717, 1.165) is 13.0 Å². The van der Waals surface area contributed by atoms with Gasteiger partial charge in [-0.1, -0.05) is 77.6 Å². The molecule has 0 aliphatic carbocycles. The summed E-state index contributed by atoms with van der Waals surface area (Å²) < 4.78 is 0. The number of aliphatic hydroxyl groups is 2. The number of hydrogen-bond acceptors (Lipinski definition) is 3. The molecule has 0 saturated carbocycles. The van der Waals surface area contributed by atoms with E-state index in [1.165, 1.54) is 70.6 Å². The lowest BCUT2D eigenvalue weighted by molar-refractivity contribution is 0.0569. The van der Waals surface area contributed by atoms with Gasteiger partial charge in [-0.05, 0) is 26.8 Å². The Hall–Kier alpha value is 0.360. The van der Waals surface area contributed by atoms with E-state index < -0.39 is 12.2 Å². The largest absolute Gasteiger partial charge is 0.392 e. The van der Waals surface area contributed by atoms with Crippen molar-refractivity contribution < 1.29 is 10.2 Å². The lowest BCUT2D eigenvalue weighted by Gasteiger charge is -2.24. The Morgan fingerprint density at radius 3 is 1.35 bits per heavy atom. The van der Waals surface area contributed by atoms with Crippen LogP contribution >= 0.6 is 17.0 Å². The second-order valence-corrected chi connectivity index (χ2v) is 6.85. The van der Waals surface area contributed by atoms with Crippen molar-refractivity contribution in [1.82, 2.24) is 5.32 Å². The third kappa shape index (κ3) is 17.0. The van der Waals surface area contributed by atoms with Gasteiger partial charge < -0.3 is 15.5 Å². The maximum atomic E-state index is 9.55. The van der Waals surface area contributed by atoms with Crippen LogP contribution in [-0.2, 0) is 0 Å². The van der Waals surface area contributed by atoms with Crippen molar-refractivity contribution in [3.63, 3.8) is 0 Å². The average molecular weight is 396 g/mol. The van der Waals surface area contributed by atoms with Gasteiger partial charge in [0.1, 0.15) is 0 Å². The standard InChI is InChI=1S/C19H41NO2.BrH/c1-4-5-6-7-8-9-10-11-12-13-14-15-16-20-19(17(2)21)18(3)22;/h17-22H,4-16H2,1-3H3;1H. The highest BCUT2D eigenvalue weighted by molar-refractivity contribution is 8.93. The third-order valence-corrected chi connectivity index (χ3v) is 4.45. The fraction of sp³-hybridized carbons (Fsp3) is 1.00. The van der Waals surface area contributed by atoms with Crippen LogP contribution in [-0.4, -0.2) is 35.0 Å². The molecule has 0 amide bonds. The molecule has 0 bridgehead atoms. The first-order valence-electron chi connectivity index (χ1n) is 9.69. The summed E-state index contributed by atoms with van der Waals surface area (Å²) in [6.07, 6.45) is 15.2. The van der Waals surface area contributed by atoms with Crippen LogP contribution in [0.4, 0.5) is 0 Å². The van der Waals surface area contributed by atoms with Gasteiger partial charge in [-0.3, -0.25) is 0 Å². The predicted molar refractivity (Wildman–Crippen MR) is 107 cm³/mol. The molecule has 3 N–H and O–H groups in total. The molecule has 142 valence electrons. The van der Waals surface area contributed by atoms with Crippen LogP contribution in [0.5, 0.6) is 0 Å². The lowest BCUT2D eigenvalue weighted by atomic mass is 10.0. The van der Waals surface area contributed by atoms with E-state index in [0.29, 0.717) is 0 Å². The lowest BCUT2D eigenvalue weighted by Crippen LogP contribution is -2.46. The Balaban J connectivity index is 0. The van der Waals surface area contributed by atoms with E-state index >= 15 is 0 Å². The molecular weight excluding hydrogens is 354 g/mol. The Morgan fingerprint density at radius 1 is 0.652 bits per heavy atom. The summed E-state index contributed by atoms with van der Waals surface area (Å²) in [5.74, 6) is 0. The minimum absolute atomic E-state index is 0. The maximum absolute atomic E-state index is 9.55. The van der Waals surface area contributed by atoms with Crippen molar-refractivity contribution in [2.45, 2.75) is 116 Å². The first-order chi connectivity index (χ1) is 10.6. The van der Waals surface area contributed by atoms with Crippen molar-refractivity contribution >= 4 is 17.0 Å². The van der Waals surface area contributed by atoms with Crippen molar-refractivity contribution in [3.8, 4) is 0 Å². The summed E-state index contributed by atoms with van der Waals surface area (Å²) in [5, 5.41) is 22.4. The van der Waals surface area contributed by atoms with Gasteiger partial charge in [-0.15, -0.1) is 17.0 Å². The summed E-state index contributed by atoms with van der Waals surface area (Å²) in [4.78, 5) is 0. The van der Waals surface area contributed by atoms with Crippen molar-refractivity contribution in [3.05, 3.63) is 0 Å². The number of unbranched alkanes of at least 4 members (excludes halogenated alkanes) is 11. The van der Waals surface area contributed by atoms with Crippen LogP contribution in [0.3, 0.4) is 0 Å². The topological polar surface area (TPSA) is 52.5 Å². The molecule has 0 aromatic carbocycles. The molecule has 2 atom stereocenters. The quantitative estimate of drug-likeness (QED) is 0.322. The first kappa shape index (κ1) is 25.6. The zero-order valence-corrected chi connectivity index (χ0v) is 17.4. The van der Waals surface area contributed by atoms with E-state index in [9.17, 15) is 10.2 Å². The molecule has 0 aliphatic rings. The monoisotopic (exact) mass is 395 g/mol. The van der Waals surface area contributed by atoms with Crippen LogP contribution < -0.4 is 5.32 Å². The molecular formula is C19H42BrNO2. The second-order valence-electron chi connectivity index (χ2n) is 6.85. The Bertz CT molecular complexity index is 217. The van der Waals surface area contributed by atoms with Gasteiger partial charge in [0, 0.05) is 0 Å². The molecule has 0 aromatic heterocycles. The number of rotatable bonds is 16. The fourth-order valence-electron chi connectivity index (χ4n) is 2.98. The van der Waals surface area contributed by atoms with Gasteiger partial charge in [0.15, 0.2) is 0 Å². The number of nitrogens with one attached hydrogen (secondary N) is 1. The van der Waals surface area contributed by atoms with Gasteiger partial charge in [-0.2, -0.15) is 0 Å². The van der Waals surface area contributed by atoms with Crippen LogP contribution in [0.15, 0.2) is 0 Å². The minimum atomic E-state index is -0.502. The van der Waals surface area contributed by atoms with Gasteiger partial charge in [-0.25, -0.2) is 0 Å². The molecule has 0 rings (SSSR count). The van der Waals surface area contributed by atoms with E-state index in [4.69, 9.17) is 0 Å². The molecule has 0 spiro atoms. The number of aliphatic hydroxyl groups excluding tert-OH is 2. The second kappa shape index (κ2) is 18.7. The van der Waals surface area contributed by atoms with Gasteiger partial charge >= 0.3 is 0 Å². The average Bonchev–Trinajstić information content (AvgIpc) is 2.46. The van der Waals surface area contributed by atoms with Crippen molar-refractivity contribution in [2.75, 3.05) is 6.54 Å². The van der Waals surface area contributed by atoms with E-state index in [-0.39, 0.29) is 23.0 Å². The molecule has 0 aliphatic heterocycles. The Labute approximate surface area is 155 Å². The van der Waals surface area contributed by atoms with Crippen LogP contribution in [0, 0.1) is 0 Å². The van der Waals surface area contributed by atoms with E-state index in [1.54, 1.807) is 13.8 Å². The summed E-state index contributed by atoms with van der Waals surface area (Å²) in [7, 11) is 0. The Kier molecular flexibility index (Phi) is 20.8. The number of hydrogen-bond donors (Lipinski definition) is 3. The molecule has 0 heterocycles. The van der Waals surface area contributed by atoms with Gasteiger partial charge in [0.05, 0.1) is 18.2 Å². The molecule has 0 saturated heterocycles.